The molecule has 0 aliphatic heterocycles. The predicted molar refractivity (Wildman–Crippen MR) is 442 cm³/mol. The summed E-state index contributed by atoms with van der Waals surface area (Å²) >= 11 is 0. The molecule has 0 amide bonds. The molecule has 4 heteroatoms. The summed E-state index contributed by atoms with van der Waals surface area (Å²) in [6.45, 7) is 6.37. The van der Waals surface area contributed by atoms with Gasteiger partial charge in [-0.3, -0.25) is 0 Å². The van der Waals surface area contributed by atoms with Gasteiger partial charge in [-0.2, -0.15) is 0 Å². The Kier molecular flexibility index (Phi) is 17.0. The van der Waals surface area contributed by atoms with Crippen LogP contribution in [0.5, 0.6) is 0 Å². The summed E-state index contributed by atoms with van der Waals surface area (Å²) in [6, 6.07) is 125. The van der Waals surface area contributed by atoms with Crippen LogP contribution in [0.3, 0.4) is 0 Å². The summed E-state index contributed by atoms with van der Waals surface area (Å²) in [7, 11) is 8.59. The van der Waals surface area contributed by atoms with E-state index in [9.17, 15) is 0 Å². The van der Waals surface area contributed by atoms with Gasteiger partial charge in [0.1, 0.15) is 0 Å². The molecule has 0 radical (unpaired) electrons. The number of fused-ring (bicyclic) bond motifs is 13. The van der Waals surface area contributed by atoms with Gasteiger partial charge in [-0.1, -0.05) is 290 Å². The molecule has 0 aliphatic carbocycles. The zero-order valence-corrected chi connectivity index (χ0v) is 58.2. The zero-order valence-electron chi connectivity index (χ0n) is 58.2. The van der Waals surface area contributed by atoms with Crippen molar-refractivity contribution in [2.45, 2.75) is 20.8 Å². The van der Waals surface area contributed by atoms with Crippen molar-refractivity contribution in [3.63, 3.8) is 0 Å². The van der Waals surface area contributed by atoms with Gasteiger partial charge in [0.2, 0.25) is 0 Å². The second kappa shape index (κ2) is 27.1. The Morgan fingerprint density at radius 2 is 0.465 bits per heavy atom. The monoisotopic (exact) mass is 1300 g/mol. The van der Waals surface area contributed by atoms with Gasteiger partial charge in [-0.25, -0.2) is 0 Å². The van der Waals surface area contributed by atoms with E-state index < -0.39 is 0 Å². The van der Waals surface area contributed by atoms with Crippen molar-refractivity contribution in [3.8, 4) is 0 Å². The molecular formula is C97H78N4. The third-order valence-electron chi connectivity index (χ3n) is 20.6. The number of nitrogens with zero attached hydrogens (tertiary/aromatic N) is 4. The Morgan fingerprint density at radius 3 is 0.970 bits per heavy atom. The number of hydrogen-bond donors (Lipinski definition) is 0. The fraction of sp³-hybridized carbons (Fsp3) is 0.0722. The molecule has 0 fully saturated rings. The first kappa shape index (κ1) is 63.3. The molecular weight excluding hydrogens is 1220 g/mol. The number of hydrogen-bond acceptors (Lipinski definition) is 4. The predicted octanol–water partition coefficient (Wildman–Crippen LogP) is 26.9. The van der Waals surface area contributed by atoms with Crippen molar-refractivity contribution >= 4 is 164 Å². The number of aryl methyl sites for hydroxylation is 3. The highest BCUT2D eigenvalue weighted by molar-refractivity contribution is 6.27. The van der Waals surface area contributed by atoms with Crippen molar-refractivity contribution in [1.82, 2.24) is 0 Å². The highest BCUT2D eigenvalue weighted by atomic mass is 15.1. The van der Waals surface area contributed by atoms with Gasteiger partial charge >= 0.3 is 0 Å². The van der Waals surface area contributed by atoms with Crippen LogP contribution in [0.2, 0.25) is 0 Å². The molecule has 0 N–H and O–H groups in total. The molecule has 19 rings (SSSR count). The van der Waals surface area contributed by atoms with Gasteiger partial charge < -0.3 is 19.6 Å². The molecule has 486 valence electrons. The van der Waals surface area contributed by atoms with Crippen molar-refractivity contribution in [2.75, 3.05) is 47.8 Å². The number of anilines is 8. The van der Waals surface area contributed by atoms with E-state index in [2.05, 4.69) is 414 Å². The van der Waals surface area contributed by atoms with Crippen LogP contribution in [-0.2, 0) is 0 Å². The normalized spacial score (nSPS) is 11.3. The van der Waals surface area contributed by atoms with Gasteiger partial charge in [-0.05, 0) is 191 Å². The van der Waals surface area contributed by atoms with Crippen LogP contribution in [0.4, 0.5) is 45.5 Å². The SMILES string of the molecule is CN(c1cccc2ccccc12)c1cc2ccccc2c2ccccc12.Cc1ccc(N(C)c2cc3ccccc3c3ccccc23)cc1.Cc1ccc(N(C)c2ccc3c4ccccc4c4ccccc4c3c2)cc1.Cc1ccc(N(C)c2ccc3ccc4cccc5ccc2c3c45)cc1. The zero-order chi connectivity index (χ0) is 68.7. The lowest BCUT2D eigenvalue weighted by Gasteiger charge is -2.24. The van der Waals surface area contributed by atoms with E-state index in [1.165, 1.54) is 181 Å². The first-order chi connectivity index (χ1) is 49.5. The summed E-state index contributed by atoms with van der Waals surface area (Å²) in [5, 5.41) is 28.7. The lowest BCUT2D eigenvalue weighted by Crippen LogP contribution is -2.10. The highest BCUT2D eigenvalue weighted by Crippen LogP contribution is 2.44. The van der Waals surface area contributed by atoms with E-state index in [1.807, 2.05) is 0 Å². The molecule has 19 aromatic carbocycles. The average Bonchev–Trinajstić information content (AvgIpc) is 0.751. The van der Waals surface area contributed by atoms with E-state index in [1.54, 1.807) is 0 Å². The number of benzene rings is 19. The fourth-order valence-electron chi connectivity index (χ4n) is 15.1. The second-order valence-corrected chi connectivity index (χ2v) is 26.8. The van der Waals surface area contributed by atoms with Crippen LogP contribution in [0.15, 0.2) is 346 Å². The smallest absolute Gasteiger partial charge is 0.0494 e. The van der Waals surface area contributed by atoms with Crippen LogP contribution in [-0.4, -0.2) is 28.2 Å². The Labute approximate surface area is 591 Å². The average molecular weight is 1300 g/mol. The Bertz CT molecular complexity index is 6200. The molecule has 0 saturated carbocycles. The minimum atomic E-state index is 1.20. The molecule has 101 heavy (non-hydrogen) atoms. The molecule has 19 aromatic rings. The van der Waals surface area contributed by atoms with Crippen molar-refractivity contribution in [1.29, 1.82) is 0 Å². The third-order valence-corrected chi connectivity index (χ3v) is 20.6. The summed E-state index contributed by atoms with van der Waals surface area (Å²) in [4.78, 5) is 9.12. The maximum Gasteiger partial charge on any atom is 0.0494 e. The first-order valence-electron chi connectivity index (χ1n) is 34.9. The molecule has 0 aliphatic rings. The van der Waals surface area contributed by atoms with E-state index in [-0.39, 0.29) is 0 Å². The van der Waals surface area contributed by atoms with E-state index >= 15 is 0 Å². The summed E-state index contributed by atoms with van der Waals surface area (Å²) < 4.78 is 0. The fourth-order valence-corrected chi connectivity index (χ4v) is 15.1. The quantitative estimate of drug-likeness (QED) is 0.141. The molecule has 0 unspecified atom stereocenters. The van der Waals surface area contributed by atoms with Crippen LogP contribution >= 0.6 is 0 Å². The first-order valence-corrected chi connectivity index (χ1v) is 34.9. The van der Waals surface area contributed by atoms with Crippen molar-refractivity contribution < 1.29 is 0 Å². The summed E-state index contributed by atoms with van der Waals surface area (Å²) in [6.07, 6.45) is 0. The topological polar surface area (TPSA) is 13.0 Å². The van der Waals surface area contributed by atoms with E-state index in [0.717, 1.165) is 0 Å². The van der Waals surface area contributed by atoms with E-state index in [4.69, 9.17) is 0 Å². The lowest BCUT2D eigenvalue weighted by atomic mass is 9.93. The molecule has 0 heterocycles. The van der Waals surface area contributed by atoms with E-state index in [0.29, 0.717) is 0 Å². The van der Waals surface area contributed by atoms with Gasteiger partial charge in [0.15, 0.2) is 0 Å². The molecule has 4 nitrogen and oxygen atoms in total. The van der Waals surface area contributed by atoms with Gasteiger partial charge in [0.25, 0.3) is 0 Å². The van der Waals surface area contributed by atoms with Crippen LogP contribution in [0, 0.1) is 20.8 Å². The maximum absolute atomic E-state index is 2.32. The second-order valence-electron chi connectivity index (χ2n) is 26.8. The van der Waals surface area contributed by atoms with Crippen molar-refractivity contribution in [2.24, 2.45) is 0 Å². The van der Waals surface area contributed by atoms with Gasteiger partial charge in [0, 0.05) is 95.2 Å². The van der Waals surface area contributed by atoms with Gasteiger partial charge in [0.05, 0.1) is 0 Å². The minimum absolute atomic E-state index is 1.20. The van der Waals surface area contributed by atoms with Crippen LogP contribution in [0.1, 0.15) is 16.7 Å². The maximum atomic E-state index is 2.32. The molecule has 0 saturated heterocycles. The van der Waals surface area contributed by atoms with Gasteiger partial charge in [-0.15, -0.1) is 0 Å². The molecule has 0 spiro atoms. The van der Waals surface area contributed by atoms with Crippen LogP contribution < -0.4 is 19.6 Å². The minimum Gasteiger partial charge on any atom is -0.345 e. The molecule has 0 aromatic heterocycles. The Hall–Kier alpha value is -12.5. The standard InChI is InChI=1S/C26H21N.C25H19N.C24H19N.C22H19N/c1-18-11-13-19(14-12-18)27(2)20-15-16-25-23-9-4-3-7-21(23)22-8-5-6-10-24(22)26(25)17-20;1-26(24-16-8-11-18-9-2-5-13-21(18)24)25-17-19-10-3-4-12-20(19)22-14-6-7-15-23(22)25;1-16-6-12-20(13-7-16)25(2)22-15-11-19-9-8-17-4-3-5-18-10-14-21(22)24(19)23(17)18;1-16-11-13-18(14-12-16)23(2)22-15-17-7-3-4-8-19(17)20-9-5-6-10-21(20)22/h3-17H,1-2H3;2-17H,1H3;3-15H,1-2H3;3-15H,1-2H3. The summed E-state index contributed by atoms with van der Waals surface area (Å²) in [5.74, 6) is 0. The Balaban J connectivity index is 0.000000105. The largest absolute Gasteiger partial charge is 0.345 e. The Morgan fingerprint density at radius 1 is 0.158 bits per heavy atom. The molecule has 0 bridgehead atoms. The lowest BCUT2D eigenvalue weighted by molar-refractivity contribution is 1.21. The third kappa shape index (κ3) is 12.0. The summed E-state index contributed by atoms with van der Waals surface area (Å²) in [5.41, 5.74) is 13.6. The molecule has 0 atom stereocenters. The van der Waals surface area contributed by atoms with Crippen LogP contribution in [0.25, 0.3) is 118 Å². The van der Waals surface area contributed by atoms with Crippen molar-refractivity contribution in [3.05, 3.63) is 362 Å². The number of rotatable bonds is 8. The highest BCUT2D eigenvalue weighted by Gasteiger charge is 2.18.